The highest BCUT2D eigenvalue weighted by atomic mass is 127. The minimum absolute atomic E-state index is 0.323. The van der Waals surface area contributed by atoms with Crippen molar-refractivity contribution >= 4 is 22.6 Å². The first kappa shape index (κ1) is 11.4. The largest absolute Gasteiger partial charge is 0.271 e. The molecule has 1 atom stereocenters. The SMILES string of the molecule is Cc1cccc(C(CC2CC2)NN)c1I. The first-order valence-electron chi connectivity index (χ1n) is 5.43. The number of benzene rings is 1. The fourth-order valence-electron chi connectivity index (χ4n) is 1.91. The molecule has 0 aliphatic heterocycles. The highest BCUT2D eigenvalue weighted by Crippen LogP contribution is 2.38. The normalized spacial score (nSPS) is 17.8. The van der Waals surface area contributed by atoms with Crippen LogP contribution in [0.25, 0.3) is 0 Å². The minimum atomic E-state index is 0.323. The molecule has 1 aliphatic rings. The van der Waals surface area contributed by atoms with Crippen LogP contribution in [0.3, 0.4) is 0 Å². The third-order valence-electron chi connectivity index (χ3n) is 3.06. The Balaban J connectivity index is 2.20. The van der Waals surface area contributed by atoms with E-state index in [0.717, 1.165) is 5.92 Å². The maximum absolute atomic E-state index is 5.65. The third-order valence-corrected chi connectivity index (χ3v) is 4.54. The summed E-state index contributed by atoms with van der Waals surface area (Å²) in [4.78, 5) is 0. The van der Waals surface area contributed by atoms with Gasteiger partial charge in [0.25, 0.3) is 0 Å². The summed E-state index contributed by atoms with van der Waals surface area (Å²) in [5.41, 5.74) is 5.64. The zero-order chi connectivity index (χ0) is 10.8. The fraction of sp³-hybridized carbons (Fsp3) is 0.500. The van der Waals surface area contributed by atoms with Crippen LogP contribution >= 0.6 is 22.6 Å². The van der Waals surface area contributed by atoms with Gasteiger partial charge < -0.3 is 0 Å². The van der Waals surface area contributed by atoms with E-state index in [4.69, 9.17) is 5.84 Å². The topological polar surface area (TPSA) is 38.0 Å². The van der Waals surface area contributed by atoms with Gasteiger partial charge >= 0.3 is 0 Å². The first-order chi connectivity index (χ1) is 7.22. The van der Waals surface area contributed by atoms with E-state index in [2.05, 4.69) is 53.1 Å². The lowest BCUT2D eigenvalue weighted by molar-refractivity contribution is 0.485. The van der Waals surface area contributed by atoms with E-state index in [1.165, 1.54) is 34.0 Å². The highest BCUT2D eigenvalue weighted by Gasteiger charge is 2.26. The number of hydrogen-bond acceptors (Lipinski definition) is 2. The van der Waals surface area contributed by atoms with Crippen molar-refractivity contribution in [3.05, 3.63) is 32.9 Å². The molecule has 1 unspecified atom stereocenters. The molecule has 15 heavy (non-hydrogen) atoms. The molecule has 2 rings (SSSR count). The van der Waals surface area contributed by atoms with Gasteiger partial charge in [0.2, 0.25) is 0 Å². The van der Waals surface area contributed by atoms with Gasteiger partial charge in [-0.25, -0.2) is 0 Å². The van der Waals surface area contributed by atoms with Crippen molar-refractivity contribution in [1.82, 2.24) is 5.43 Å². The maximum Gasteiger partial charge on any atom is 0.0473 e. The average molecular weight is 316 g/mol. The summed E-state index contributed by atoms with van der Waals surface area (Å²) in [6.45, 7) is 2.15. The molecule has 0 bridgehead atoms. The molecule has 2 nitrogen and oxygen atoms in total. The molecule has 0 radical (unpaired) electrons. The Morgan fingerprint density at radius 2 is 2.27 bits per heavy atom. The van der Waals surface area contributed by atoms with Crippen molar-refractivity contribution < 1.29 is 0 Å². The molecular weight excluding hydrogens is 299 g/mol. The molecule has 0 amide bonds. The van der Waals surface area contributed by atoms with E-state index in [1.54, 1.807) is 0 Å². The van der Waals surface area contributed by atoms with Gasteiger partial charge in [0, 0.05) is 9.61 Å². The molecule has 82 valence electrons. The zero-order valence-electron chi connectivity index (χ0n) is 8.96. The van der Waals surface area contributed by atoms with Crippen LogP contribution in [0.5, 0.6) is 0 Å². The van der Waals surface area contributed by atoms with Crippen LogP contribution in [-0.4, -0.2) is 0 Å². The van der Waals surface area contributed by atoms with Gasteiger partial charge in [0.05, 0.1) is 0 Å². The Morgan fingerprint density at radius 1 is 1.53 bits per heavy atom. The van der Waals surface area contributed by atoms with Crippen LogP contribution in [0.4, 0.5) is 0 Å². The molecule has 1 aromatic rings. The molecule has 1 aliphatic carbocycles. The number of hydrogen-bond donors (Lipinski definition) is 2. The molecule has 0 aromatic heterocycles. The number of hydrazine groups is 1. The van der Waals surface area contributed by atoms with E-state index in [1.807, 2.05) is 0 Å². The van der Waals surface area contributed by atoms with Crippen molar-refractivity contribution in [3.63, 3.8) is 0 Å². The Labute approximate surface area is 105 Å². The number of nitrogens with one attached hydrogen (secondary N) is 1. The second-order valence-corrected chi connectivity index (χ2v) is 5.46. The van der Waals surface area contributed by atoms with Gasteiger partial charge in [-0.15, -0.1) is 0 Å². The Hall–Kier alpha value is -0.130. The number of nitrogens with two attached hydrogens (primary N) is 1. The maximum atomic E-state index is 5.65. The summed E-state index contributed by atoms with van der Waals surface area (Å²) in [5, 5.41) is 0. The Kier molecular flexibility index (Phi) is 3.64. The second-order valence-electron chi connectivity index (χ2n) is 4.38. The lowest BCUT2D eigenvalue weighted by atomic mass is 10.0. The molecule has 1 saturated carbocycles. The van der Waals surface area contributed by atoms with Crippen LogP contribution in [0.15, 0.2) is 18.2 Å². The van der Waals surface area contributed by atoms with Gasteiger partial charge in [0.1, 0.15) is 0 Å². The van der Waals surface area contributed by atoms with Crippen LogP contribution < -0.4 is 11.3 Å². The van der Waals surface area contributed by atoms with Gasteiger partial charge in [-0.3, -0.25) is 11.3 Å². The van der Waals surface area contributed by atoms with Crippen molar-refractivity contribution in [2.24, 2.45) is 11.8 Å². The standard InChI is InChI=1S/C12H17IN2/c1-8-3-2-4-10(12(8)13)11(15-14)7-9-5-6-9/h2-4,9,11,15H,5-7,14H2,1H3. The van der Waals surface area contributed by atoms with E-state index >= 15 is 0 Å². The van der Waals surface area contributed by atoms with Gasteiger partial charge in [-0.1, -0.05) is 31.0 Å². The van der Waals surface area contributed by atoms with Crippen molar-refractivity contribution in [2.45, 2.75) is 32.2 Å². The van der Waals surface area contributed by atoms with Gasteiger partial charge in [-0.2, -0.15) is 0 Å². The smallest absolute Gasteiger partial charge is 0.0473 e. The number of aryl methyl sites for hydroxylation is 1. The van der Waals surface area contributed by atoms with Gasteiger partial charge in [-0.05, 0) is 53.0 Å². The van der Waals surface area contributed by atoms with E-state index in [-0.39, 0.29) is 0 Å². The Bertz CT molecular complexity index is 347. The zero-order valence-corrected chi connectivity index (χ0v) is 11.1. The monoisotopic (exact) mass is 316 g/mol. The minimum Gasteiger partial charge on any atom is -0.271 e. The van der Waals surface area contributed by atoms with Crippen LogP contribution in [-0.2, 0) is 0 Å². The summed E-state index contributed by atoms with van der Waals surface area (Å²) in [5.74, 6) is 6.54. The summed E-state index contributed by atoms with van der Waals surface area (Å²) in [7, 11) is 0. The van der Waals surface area contributed by atoms with E-state index in [9.17, 15) is 0 Å². The molecule has 1 fully saturated rings. The molecule has 0 heterocycles. The molecule has 3 heteroatoms. The summed E-state index contributed by atoms with van der Waals surface area (Å²) < 4.78 is 1.35. The fourth-order valence-corrected chi connectivity index (χ4v) is 2.65. The lowest BCUT2D eigenvalue weighted by Crippen LogP contribution is -2.29. The summed E-state index contributed by atoms with van der Waals surface area (Å²) in [6, 6.07) is 6.77. The lowest BCUT2D eigenvalue weighted by Gasteiger charge is -2.18. The van der Waals surface area contributed by atoms with Crippen LogP contribution in [0.1, 0.15) is 36.4 Å². The van der Waals surface area contributed by atoms with Crippen molar-refractivity contribution in [3.8, 4) is 0 Å². The molecular formula is C12H17IN2. The predicted molar refractivity (Wildman–Crippen MR) is 71.3 cm³/mol. The number of rotatable bonds is 4. The average Bonchev–Trinajstić information content (AvgIpc) is 3.03. The molecule has 0 spiro atoms. The quantitative estimate of drug-likeness (QED) is 0.509. The number of halogens is 1. The van der Waals surface area contributed by atoms with Gasteiger partial charge in [0.15, 0.2) is 0 Å². The molecule has 0 saturated heterocycles. The van der Waals surface area contributed by atoms with Crippen LogP contribution in [0.2, 0.25) is 0 Å². The van der Waals surface area contributed by atoms with Crippen molar-refractivity contribution in [2.75, 3.05) is 0 Å². The summed E-state index contributed by atoms with van der Waals surface area (Å²) in [6.07, 6.45) is 3.93. The molecule has 3 N–H and O–H groups in total. The predicted octanol–water partition coefficient (Wildman–Crippen LogP) is 2.90. The van der Waals surface area contributed by atoms with Crippen LogP contribution in [0, 0.1) is 16.4 Å². The van der Waals surface area contributed by atoms with E-state index < -0.39 is 0 Å². The van der Waals surface area contributed by atoms with E-state index in [0.29, 0.717) is 6.04 Å². The first-order valence-corrected chi connectivity index (χ1v) is 6.51. The highest BCUT2D eigenvalue weighted by molar-refractivity contribution is 14.1. The second kappa shape index (κ2) is 4.80. The summed E-state index contributed by atoms with van der Waals surface area (Å²) >= 11 is 2.42. The van der Waals surface area contributed by atoms with Crippen molar-refractivity contribution in [1.29, 1.82) is 0 Å². The molecule has 1 aromatic carbocycles. The third kappa shape index (κ3) is 2.71. The Morgan fingerprint density at radius 3 is 2.87 bits per heavy atom.